The smallest absolute Gasteiger partial charge is 0.407 e. The fourth-order valence-corrected chi connectivity index (χ4v) is 4.33. The monoisotopic (exact) mass is 527 g/mol. The average Bonchev–Trinajstić information content (AvgIpc) is 3.28. The number of anilines is 2. The Morgan fingerprint density at radius 1 is 1.15 bits per heavy atom. The van der Waals surface area contributed by atoms with Crippen LogP contribution in [0.2, 0.25) is 0 Å². The van der Waals surface area contributed by atoms with Crippen LogP contribution in [0.5, 0.6) is 11.5 Å². The van der Waals surface area contributed by atoms with Crippen LogP contribution in [-0.4, -0.2) is 42.7 Å². The highest BCUT2D eigenvalue weighted by Crippen LogP contribution is 2.30. The summed E-state index contributed by atoms with van der Waals surface area (Å²) in [5.74, 6) is 2.70. The van der Waals surface area contributed by atoms with Crippen LogP contribution in [0.3, 0.4) is 0 Å². The second-order valence-electron chi connectivity index (χ2n) is 11.0. The molecule has 2 aromatic heterocycles. The molecule has 0 atom stereocenters. The maximum absolute atomic E-state index is 11.8. The molecular formula is C31H37N5O3. The van der Waals surface area contributed by atoms with Crippen molar-refractivity contribution in [1.29, 1.82) is 0 Å². The number of carbonyl (C=O) groups is 1. The summed E-state index contributed by atoms with van der Waals surface area (Å²) in [6, 6.07) is 15.9. The summed E-state index contributed by atoms with van der Waals surface area (Å²) in [6.07, 6.45) is 6.78. The van der Waals surface area contributed by atoms with Crippen molar-refractivity contribution < 1.29 is 14.6 Å². The number of amides is 1. The van der Waals surface area contributed by atoms with Gasteiger partial charge in [0.15, 0.2) is 5.82 Å². The first-order chi connectivity index (χ1) is 18.5. The Hall–Kier alpha value is -4.33. The molecule has 0 radical (unpaired) electrons. The van der Waals surface area contributed by atoms with Crippen LogP contribution in [0.15, 0.2) is 67.1 Å². The molecule has 2 N–H and O–H groups in total. The van der Waals surface area contributed by atoms with Gasteiger partial charge >= 0.3 is 6.09 Å². The van der Waals surface area contributed by atoms with Gasteiger partial charge in [0, 0.05) is 30.5 Å². The molecule has 0 spiro atoms. The topological polar surface area (TPSA) is 92.5 Å². The van der Waals surface area contributed by atoms with Crippen molar-refractivity contribution in [1.82, 2.24) is 19.4 Å². The van der Waals surface area contributed by atoms with E-state index in [2.05, 4.69) is 47.4 Å². The molecule has 4 rings (SSSR count). The van der Waals surface area contributed by atoms with Gasteiger partial charge < -0.3 is 24.6 Å². The summed E-state index contributed by atoms with van der Waals surface area (Å²) in [7, 11) is 0. The summed E-state index contributed by atoms with van der Waals surface area (Å²) in [5, 5.41) is 13.1. The number of rotatable bonds is 9. The maximum Gasteiger partial charge on any atom is 0.407 e. The predicted molar refractivity (Wildman–Crippen MR) is 157 cm³/mol. The molecule has 0 saturated carbocycles. The minimum Gasteiger partial charge on any atom is -0.465 e. The molecule has 0 aliphatic carbocycles. The third-order valence-electron chi connectivity index (χ3n) is 6.35. The number of hydrogen-bond donors (Lipinski definition) is 2. The van der Waals surface area contributed by atoms with Gasteiger partial charge in [0.05, 0.1) is 5.52 Å². The molecular weight excluding hydrogens is 490 g/mol. The Morgan fingerprint density at radius 2 is 1.95 bits per heavy atom. The van der Waals surface area contributed by atoms with Crippen molar-refractivity contribution in [2.75, 3.05) is 11.9 Å². The summed E-state index contributed by atoms with van der Waals surface area (Å²) >= 11 is 0. The number of allylic oxidation sites excluding steroid dienone is 1. The molecule has 39 heavy (non-hydrogen) atoms. The van der Waals surface area contributed by atoms with Crippen molar-refractivity contribution in [2.45, 2.75) is 53.6 Å². The molecule has 2 heterocycles. The van der Waals surface area contributed by atoms with E-state index in [1.54, 1.807) is 0 Å². The normalized spacial score (nSPS) is 11.9. The average molecular weight is 528 g/mol. The van der Waals surface area contributed by atoms with Gasteiger partial charge in [0.1, 0.15) is 23.3 Å². The largest absolute Gasteiger partial charge is 0.465 e. The number of aryl methyl sites for hydroxylation is 1. The quantitative estimate of drug-likeness (QED) is 0.231. The molecule has 0 unspecified atom stereocenters. The van der Waals surface area contributed by atoms with Crippen LogP contribution in [-0.2, 0) is 6.54 Å². The first-order valence-electron chi connectivity index (χ1n) is 13.2. The van der Waals surface area contributed by atoms with Gasteiger partial charge in [-0.05, 0) is 81.1 Å². The summed E-state index contributed by atoms with van der Waals surface area (Å²) in [5.41, 5.74) is 4.05. The highest BCUT2D eigenvalue weighted by atomic mass is 16.5. The van der Waals surface area contributed by atoms with Gasteiger partial charge in [0.2, 0.25) is 0 Å². The fourth-order valence-electron chi connectivity index (χ4n) is 4.33. The zero-order valence-corrected chi connectivity index (χ0v) is 23.5. The predicted octanol–water partition coefficient (Wildman–Crippen LogP) is 7.72. The van der Waals surface area contributed by atoms with Gasteiger partial charge in [-0.1, -0.05) is 38.1 Å². The van der Waals surface area contributed by atoms with Crippen molar-refractivity contribution >= 4 is 34.7 Å². The molecule has 0 saturated heterocycles. The van der Waals surface area contributed by atoms with Crippen LogP contribution in [0.4, 0.5) is 16.3 Å². The van der Waals surface area contributed by atoms with E-state index in [9.17, 15) is 9.90 Å². The third-order valence-corrected chi connectivity index (χ3v) is 6.35. The van der Waals surface area contributed by atoms with Crippen molar-refractivity contribution in [2.24, 2.45) is 5.92 Å². The molecule has 8 nitrogen and oxygen atoms in total. The molecule has 204 valence electrons. The standard InChI is InChI=1S/C31H37N5O3/c1-21(2)10-11-23-8-7-9-25(19-23)39-27-13-12-24(18-22(27)3)34-29-28-26(32-20-33-29)14-15-35(28)16-17-36(30(37)38)31(4,5)6/h7-15,18-21H,16-17H2,1-6H3,(H,37,38)(H,32,33,34)/b11-10+. The van der Waals surface area contributed by atoms with Gasteiger partial charge in [-0.2, -0.15) is 0 Å². The number of aromatic nitrogens is 3. The Balaban J connectivity index is 1.53. The molecule has 0 fully saturated rings. The van der Waals surface area contributed by atoms with E-state index < -0.39 is 11.6 Å². The SMILES string of the molecule is Cc1cc(Nc2ncnc3ccn(CCN(C(=O)O)C(C)(C)C)c23)ccc1Oc1cccc(/C=C/C(C)C)c1. The third kappa shape index (κ3) is 6.96. The van der Waals surface area contributed by atoms with Gasteiger partial charge in [-0.25, -0.2) is 14.8 Å². The van der Waals surface area contributed by atoms with Crippen molar-refractivity contribution in [3.05, 3.63) is 78.3 Å². The minimum absolute atomic E-state index is 0.344. The molecule has 0 aliphatic rings. The number of ether oxygens (including phenoxy) is 1. The molecule has 4 aromatic rings. The lowest BCUT2D eigenvalue weighted by molar-refractivity contribution is 0.0981. The highest BCUT2D eigenvalue weighted by molar-refractivity contribution is 5.88. The number of benzene rings is 2. The van der Waals surface area contributed by atoms with E-state index in [0.717, 1.165) is 39.3 Å². The Labute approximate surface area is 230 Å². The Bertz CT molecular complexity index is 1480. The van der Waals surface area contributed by atoms with E-state index in [4.69, 9.17) is 4.74 Å². The number of nitrogens with zero attached hydrogens (tertiary/aromatic N) is 4. The van der Waals surface area contributed by atoms with Crippen molar-refractivity contribution in [3.63, 3.8) is 0 Å². The van der Waals surface area contributed by atoms with Crippen molar-refractivity contribution in [3.8, 4) is 11.5 Å². The van der Waals surface area contributed by atoms with E-state index in [1.807, 2.05) is 80.9 Å². The molecule has 0 aliphatic heterocycles. The van der Waals surface area contributed by atoms with Crippen LogP contribution < -0.4 is 10.1 Å². The Kier molecular flexibility index (Phi) is 8.24. The molecule has 8 heteroatoms. The Morgan fingerprint density at radius 3 is 2.64 bits per heavy atom. The highest BCUT2D eigenvalue weighted by Gasteiger charge is 2.26. The number of nitrogens with one attached hydrogen (secondary N) is 1. The maximum atomic E-state index is 11.8. The lowest BCUT2D eigenvalue weighted by Gasteiger charge is -2.33. The van der Waals surface area contributed by atoms with Crippen LogP contribution >= 0.6 is 0 Å². The molecule has 1 amide bonds. The van der Waals surface area contributed by atoms with Gasteiger partial charge in [-0.15, -0.1) is 0 Å². The van der Waals surface area contributed by atoms with E-state index in [0.29, 0.717) is 24.8 Å². The second-order valence-corrected chi connectivity index (χ2v) is 11.0. The van der Waals surface area contributed by atoms with Gasteiger partial charge in [-0.3, -0.25) is 0 Å². The second kappa shape index (κ2) is 11.6. The summed E-state index contributed by atoms with van der Waals surface area (Å²) in [4.78, 5) is 22.1. The van der Waals surface area contributed by atoms with E-state index >= 15 is 0 Å². The first-order valence-corrected chi connectivity index (χ1v) is 13.2. The number of carboxylic acid groups (broad SMARTS) is 1. The summed E-state index contributed by atoms with van der Waals surface area (Å²) < 4.78 is 8.19. The van der Waals surface area contributed by atoms with E-state index in [1.165, 1.54) is 11.2 Å². The molecule has 0 bridgehead atoms. The number of hydrogen-bond acceptors (Lipinski definition) is 5. The van der Waals surface area contributed by atoms with E-state index in [-0.39, 0.29) is 0 Å². The first kappa shape index (κ1) is 27.7. The lowest BCUT2D eigenvalue weighted by atomic mass is 10.1. The van der Waals surface area contributed by atoms with Crippen LogP contribution in [0.25, 0.3) is 17.1 Å². The fraction of sp³-hybridized carbons (Fsp3) is 0.323. The zero-order chi connectivity index (χ0) is 28.2. The van der Waals surface area contributed by atoms with Crippen LogP contribution in [0.1, 0.15) is 45.7 Å². The van der Waals surface area contributed by atoms with Gasteiger partial charge in [0.25, 0.3) is 0 Å². The number of fused-ring (bicyclic) bond motifs is 1. The minimum atomic E-state index is -0.940. The van der Waals surface area contributed by atoms with Crippen LogP contribution in [0, 0.1) is 12.8 Å². The molecule has 2 aromatic carbocycles. The lowest BCUT2D eigenvalue weighted by Crippen LogP contribution is -2.46. The zero-order valence-electron chi connectivity index (χ0n) is 23.5. The summed E-state index contributed by atoms with van der Waals surface area (Å²) in [6.45, 7) is 12.8.